The van der Waals surface area contributed by atoms with E-state index >= 15 is 0 Å². The molecule has 2 amide bonds. The lowest BCUT2D eigenvalue weighted by Crippen LogP contribution is -2.67. The first-order valence-electron chi connectivity index (χ1n) is 12.6. The molecule has 182 valence electrons. The van der Waals surface area contributed by atoms with Gasteiger partial charge in [0.2, 0.25) is 5.91 Å². The van der Waals surface area contributed by atoms with Crippen molar-refractivity contribution in [1.29, 1.82) is 0 Å². The van der Waals surface area contributed by atoms with Gasteiger partial charge in [0.05, 0.1) is 0 Å². The Bertz CT molecular complexity index is 1140. The van der Waals surface area contributed by atoms with Crippen molar-refractivity contribution in [3.05, 3.63) is 59.7 Å². The van der Waals surface area contributed by atoms with E-state index in [1.54, 1.807) is 4.90 Å². The van der Waals surface area contributed by atoms with Gasteiger partial charge in [-0.15, -0.1) is 0 Å². The highest BCUT2D eigenvalue weighted by atomic mass is 16.5. The van der Waals surface area contributed by atoms with E-state index in [2.05, 4.69) is 29.6 Å². The lowest BCUT2D eigenvalue weighted by Gasteiger charge is -2.52. The second-order valence-electron chi connectivity index (χ2n) is 10.5. The zero-order valence-corrected chi connectivity index (χ0v) is 19.6. The van der Waals surface area contributed by atoms with Crippen LogP contribution < -0.4 is 5.32 Å². The highest BCUT2D eigenvalue weighted by Gasteiger charge is 2.55. The van der Waals surface area contributed by atoms with Crippen LogP contribution in [-0.4, -0.2) is 52.7 Å². The largest absolute Gasteiger partial charge is 0.479 e. The normalized spacial score (nSPS) is 25.5. The summed E-state index contributed by atoms with van der Waals surface area (Å²) in [4.78, 5) is 40.3. The average molecular weight is 475 g/mol. The molecule has 2 saturated carbocycles. The van der Waals surface area contributed by atoms with Gasteiger partial charge >= 0.3 is 12.1 Å². The van der Waals surface area contributed by atoms with Crippen LogP contribution in [0.1, 0.15) is 55.6 Å². The Morgan fingerprint density at radius 2 is 1.57 bits per heavy atom. The first-order chi connectivity index (χ1) is 17.0. The highest BCUT2D eigenvalue weighted by molar-refractivity contribution is 5.92. The van der Waals surface area contributed by atoms with Crippen molar-refractivity contribution in [3.63, 3.8) is 0 Å². The number of fused-ring (bicyclic) bond motifs is 6. The molecule has 4 fully saturated rings. The van der Waals surface area contributed by atoms with Crippen molar-refractivity contribution < 1.29 is 24.2 Å². The number of alkyl carbamates (subject to hydrolysis) is 1. The van der Waals surface area contributed by atoms with Crippen LogP contribution >= 0.6 is 0 Å². The molecule has 2 aromatic rings. The molecule has 2 N–H and O–H groups in total. The first-order valence-corrected chi connectivity index (χ1v) is 12.6. The molecule has 3 aliphatic carbocycles. The predicted octanol–water partition coefficient (Wildman–Crippen LogP) is 4.16. The van der Waals surface area contributed by atoms with Gasteiger partial charge in [0, 0.05) is 12.5 Å². The second-order valence-corrected chi connectivity index (χ2v) is 10.5. The summed E-state index contributed by atoms with van der Waals surface area (Å²) >= 11 is 0. The summed E-state index contributed by atoms with van der Waals surface area (Å²) < 4.78 is 5.68. The monoisotopic (exact) mass is 474 g/mol. The van der Waals surface area contributed by atoms with Crippen LogP contribution in [0.4, 0.5) is 4.79 Å². The predicted molar refractivity (Wildman–Crippen MR) is 129 cm³/mol. The molecule has 7 rings (SSSR count). The van der Waals surface area contributed by atoms with E-state index in [-0.39, 0.29) is 24.3 Å². The Hall–Kier alpha value is -3.35. The van der Waals surface area contributed by atoms with Crippen LogP contribution in [0, 0.1) is 11.8 Å². The van der Waals surface area contributed by atoms with Gasteiger partial charge in [-0.3, -0.25) is 4.79 Å². The van der Waals surface area contributed by atoms with Crippen molar-refractivity contribution in [2.75, 3.05) is 13.2 Å². The number of amides is 2. The van der Waals surface area contributed by atoms with Crippen molar-refractivity contribution in [3.8, 4) is 11.1 Å². The quantitative estimate of drug-likeness (QED) is 0.656. The molecule has 2 heterocycles. The maximum atomic E-state index is 13.6. The van der Waals surface area contributed by atoms with Crippen LogP contribution in [0.5, 0.6) is 0 Å². The fourth-order valence-electron chi connectivity index (χ4n) is 6.42. The summed E-state index contributed by atoms with van der Waals surface area (Å²) in [6.07, 6.45) is 3.72. The van der Waals surface area contributed by atoms with Crippen LogP contribution in [0.3, 0.4) is 0 Å². The number of nitrogens with one attached hydrogen (secondary N) is 1. The minimum Gasteiger partial charge on any atom is -0.479 e. The van der Waals surface area contributed by atoms with Gasteiger partial charge in [-0.25, -0.2) is 9.59 Å². The number of hydrogen-bond donors (Lipinski definition) is 2. The lowest BCUT2D eigenvalue weighted by molar-refractivity contribution is -0.171. The molecule has 1 atom stereocenters. The molecule has 0 radical (unpaired) electrons. The third-order valence-electron chi connectivity index (χ3n) is 8.53. The second kappa shape index (κ2) is 8.40. The molecule has 7 heteroatoms. The number of benzene rings is 2. The van der Waals surface area contributed by atoms with E-state index in [0.717, 1.165) is 47.9 Å². The fourth-order valence-corrected chi connectivity index (χ4v) is 6.42. The Kier molecular flexibility index (Phi) is 5.31. The molecule has 2 saturated heterocycles. The van der Waals surface area contributed by atoms with Gasteiger partial charge in [0.15, 0.2) is 0 Å². The third kappa shape index (κ3) is 3.68. The van der Waals surface area contributed by atoms with Crippen molar-refractivity contribution in [1.82, 2.24) is 10.2 Å². The van der Waals surface area contributed by atoms with E-state index in [1.165, 1.54) is 0 Å². The Labute approximate surface area is 204 Å². The van der Waals surface area contributed by atoms with Gasteiger partial charge in [-0.2, -0.15) is 0 Å². The molecule has 0 spiro atoms. The fraction of sp³-hybridized carbons (Fsp3) is 0.464. The van der Waals surface area contributed by atoms with Gasteiger partial charge in [0.1, 0.15) is 18.2 Å². The summed E-state index contributed by atoms with van der Waals surface area (Å²) in [5.74, 6) is -0.882. The van der Waals surface area contributed by atoms with E-state index in [1.807, 2.05) is 24.3 Å². The number of rotatable bonds is 6. The van der Waals surface area contributed by atoms with E-state index < -0.39 is 23.6 Å². The number of carboxylic acids is 1. The molecule has 2 aliphatic heterocycles. The molecule has 35 heavy (non-hydrogen) atoms. The number of aliphatic carboxylic acids is 1. The molecule has 2 aromatic carbocycles. The minimum atomic E-state index is -1.14. The smallest absolute Gasteiger partial charge is 0.407 e. The molecular weight excluding hydrogens is 444 g/mol. The Morgan fingerprint density at radius 1 is 0.971 bits per heavy atom. The maximum Gasteiger partial charge on any atom is 0.407 e. The topological polar surface area (TPSA) is 95.9 Å². The Morgan fingerprint density at radius 3 is 2.14 bits per heavy atom. The zero-order chi connectivity index (χ0) is 24.2. The van der Waals surface area contributed by atoms with Gasteiger partial charge in [0.25, 0.3) is 0 Å². The third-order valence-corrected chi connectivity index (χ3v) is 8.53. The van der Waals surface area contributed by atoms with E-state index in [0.29, 0.717) is 25.3 Å². The summed E-state index contributed by atoms with van der Waals surface area (Å²) in [6, 6.07) is 15.6. The molecular formula is C28H30N2O5. The summed E-state index contributed by atoms with van der Waals surface area (Å²) in [7, 11) is 0. The van der Waals surface area contributed by atoms with Gasteiger partial charge < -0.3 is 20.1 Å². The maximum absolute atomic E-state index is 13.6. The molecule has 2 bridgehead atoms. The molecule has 5 aliphatic rings. The first kappa shape index (κ1) is 22.1. The summed E-state index contributed by atoms with van der Waals surface area (Å²) in [5, 5.41) is 12.8. The zero-order valence-electron chi connectivity index (χ0n) is 19.6. The summed E-state index contributed by atoms with van der Waals surface area (Å²) in [5.41, 5.74) is 3.43. The van der Waals surface area contributed by atoms with Crippen LogP contribution in [0.15, 0.2) is 48.5 Å². The van der Waals surface area contributed by atoms with Gasteiger partial charge in [-0.1, -0.05) is 48.5 Å². The van der Waals surface area contributed by atoms with Crippen LogP contribution in [-0.2, 0) is 14.3 Å². The SMILES string of the molecule is O=C(NC(C(=O)N1CC2CCC1(C(=O)O)CC2)C1CC1)OCC1c2ccccc2-c2ccccc21. The van der Waals surface area contributed by atoms with Crippen LogP contribution in [0.2, 0.25) is 0 Å². The van der Waals surface area contributed by atoms with Crippen molar-refractivity contribution >= 4 is 18.0 Å². The average Bonchev–Trinajstić information content (AvgIpc) is 3.68. The molecule has 1 unspecified atom stereocenters. The standard InChI is InChI=1S/C28H30N2O5/c31-25(30-15-17-11-13-28(30,14-12-17)26(32)33)24(18-9-10-18)29-27(34)35-16-23-21-7-3-1-5-19(21)20-6-2-4-8-22(20)23/h1-8,17-18,23-24H,9-16H2,(H,29,34)(H,32,33). The number of ether oxygens (including phenoxy) is 1. The lowest BCUT2D eigenvalue weighted by atomic mass is 9.70. The van der Waals surface area contributed by atoms with Crippen molar-refractivity contribution in [2.45, 2.75) is 56.0 Å². The van der Waals surface area contributed by atoms with Crippen molar-refractivity contribution in [2.24, 2.45) is 11.8 Å². The number of nitrogens with zero attached hydrogens (tertiary/aromatic N) is 1. The number of piperidine rings is 2. The number of hydrogen-bond acceptors (Lipinski definition) is 4. The van der Waals surface area contributed by atoms with E-state index in [9.17, 15) is 19.5 Å². The Balaban J connectivity index is 1.16. The summed E-state index contributed by atoms with van der Waals surface area (Å²) in [6.45, 7) is 0.636. The highest BCUT2D eigenvalue weighted by Crippen LogP contribution is 2.46. The van der Waals surface area contributed by atoms with Crippen LogP contribution in [0.25, 0.3) is 11.1 Å². The van der Waals surface area contributed by atoms with E-state index in [4.69, 9.17) is 4.74 Å². The molecule has 0 aromatic heterocycles. The minimum absolute atomic E-state index is 0.0364. The molecule has 7 nitrogen and oxygen atoms in total. The number of carbonyl (C=O) groups excluding carboxylic acids is 2. The number of carbonyl (C=O) groups is 3. The number of carboxylic acid groups (broad SMARTS) is 1. The van der Waals surface area contributed by atoms with Gasteiger partial charge in [-0.05, 0) is 72.6 Å².